The fraction of sp³-hybridized carbons (Fsp3) is 0.778. The first-order chi connectivity index (χ1) is 6.02. The van der Waals surface area contributed by atoms with E-state index in [4.69, 9.17) is 5.41 Å². The Bertz CT molecular complexity index is 225. The van der Waals surface area contributed by atoms with E-state index in [1.54, 1.807) is 0 Å². The number of amides is 1. The maximum atomic E-state index is 10.9. The van der Waals surface area contributed by atoms with Crippen LogP contribution in [0.1, 0.15) is 27.2 Å². The van der Waals surface area contributed by atoms with E-state index in [1.165, 1.54) is 0 Å². The first-order valence-electron chi connectivity index (χ1n) is 4.67. The van der Waals surface area contributed by atoms with Crippen molar-refractivity contribution in [3.05, 3.63) is 0 Å². The summed E-state index contributed by atoms with van der Waals surface area (Å²) in [6, 6.07) is 0.313. The zero-order valence-corrected chi connectivity index (χ0v) is 8.42. The highest BCUT2D eigenvalue weighted by atomic mass is 16.2. The fourth-order valence-electron chi connectivity index (χ4n) is 1.37. The average Bonchev–Trinajstić information content (AvgIpc) is 2.03. The summed E-state index contributed by atoms with van der Waals surface area (Å²) in [4.78, 5) is 12.9. The van der Waals surface area contributed by atoms with Crippen molar-refractivity contribution in [1.82, 2.24) is 10.2 Å². The number of hydrogen-bond donors (Lipinski definition) is 2. The molecule has 1 saturated heterocycles. The molecule has 0 spiro atoms. The maximum absolute atomic E-state index is 10.9. The molecule has 1 amide bonds. The van der Waals surface area contributed by atoms with Crippen molar-refractivity contribution >= 4 is 11.9 Å². The molecule has 1 aliphatic heterocycles. The number of carbonyl (C=O) groups is 1. The Balaban J connectivity index is 2.61. The molecule has 0 aliphatic carbocycles. The van der Waals surface area contributed by atoms with Crippen molar-refractivity contribution in [2.24, 2.45) is 5.92 Å². The number of rotatable bonds is 2. The molecule has 1 rings (SSSR count). The Morgan fingerprint density at radius 1 is 1.46 bits per heavy atom. The van der Waals surface area contributed by atoms with Gasteiger partial charge in [-0.1, -0.05) is 13.8 Å². The number of nitrogens with one attached hydrogen (secondary N) is 2. The maximum Gasteiger partial charge on any atom is 0.228 e. The quantitative estimate of drug-likeness (QED) is 0.665. The Morgan fingerprint density at radius 2 is 2.08 bits per heavy atom. The molecule has 0 aromatic heterocycles. The first-order valence-corrected chi connectivity index (χ1v) is 4.67. The predicted molar refractivity (Wildman–Crippen MR) is 51.5 cm³/mol. The lowest BCUT2D eigenvalue weighted by atomic mass is 10.0. The zero-order chi connectivity index (χ0) is 10.0. The van der Waals surface area contributed by atoms with Gasteiger partial charge in [0, 0.05) is 19.0 Å². The summed E-state index contributed by atoms with van der Waals surface area (Å²) in [5, 5.41) is 10.1. The average molecular weight is 183 g/mol. The fourth-order valence-corrected chi connectivity index (χ4v) is 1.37. The van der Waals surface area contributed by atoms with E-state index in [2.05, 4.69) is 26.1 Å². The Hall–Kier alpha value is -1.06. The minimum Gasteiger partial charge on any atom is -0.339 e. The number of carbonyl (C=O) groups excluding carboxylic acids is 1. The van der Waals surface area contributed by atoms with E-state index in [1.807, 2.05) is 4.90 Å². The second kappa shape index (κ2) is 3.77. The lowest BCUT2D eigenvalue weighted by molar-refractivity contribution is -0.121. The minimum atomic E-state index is -0.0443. The van der Waals surface area contributed by atoms with E-state index in [0.29, 0.717) is 24.9 Å². The minimum absolute atomic E-state index is 0.0443. The molecule has 1 heterocycles. The molecule has 74 valence electrons. The molecule has 0 aromatic carbocycles. The van der Waals surface area contributed by atoms with Gasteiger partial charge in [0.25, 0.3) is 0 Å². The highest BCUT2D eigenvalue weighted by molar-refractivity contribution is 5.97. The van der Waals surface area contributed by atoms with E-state index in [9.17, 15) is 4.79 Å². The highest BCUT2D eigenvalue weighted by Crippen LogP contribution is 2.12. The van der Waals surface area contributed by atoms with Crippen molar-refractivity contribution in [3.63, 3.8) is 0 Å². The standard InChI is InChI=1S/C9H17N3O/c1-6(2)7(3)12-5-4-8(13)11-9(12)10/h6-7H,4-5H2,1-3H3,(H2,10,11,13). The van der Waals surface area contributed by atoms with Gasteiger partial charge in [-0.15, -0.1) is 0 Å². The van der Waals surface area contributed by atoms with Crippen LogP contribution in [0, 0.1) is 11.3 Å². The van der Waals surface area contributed by atoms with Crippen LogP contribution in [-0.2, 0) is 4.79 Å². The van der Waals surface area contributed by atoms with Gasteiger partial charge in [0.05, 0.1) is 0 Å². The van der Waals surface area contributed by atoms with Crippen LogP contribution in [0.3, 0.4) is 0 Å². The molecule has 1 atom stereocenters. The van der Waals surface area contributed by atoms with Gasteiger partial charge >= 0.3 is 0 Å². The van der Waals surface area contributed by atoms with Crippen molar-refractivity contribution < 1.29 is 4.79 Å². The molecule has 13 heavy (non-hydrogen) atoms. The normalized spacial score (nSPS) is 20.5. The SMILES string of the molecule is CC(C)C(C)N1CCC(=O)NC1=N. The van der Waals surface area contributed by atoms with Crippen molar-refractivity contribution in [3.8, 4) is 0 Å². The Labute approximate surface area is 78.8 Å². The van der Waals surface area contributed by atoms with Crippen LogP contribution in [0.25, 0.3) is 0 Å². The van der Waals surface area contributed by atoms with Crippen LogP contribution in [0.4, 0.5) is 0 Å². The van der Waals surface area contributed by atoms with E-state index in [0.717, 1.165) is 0 Å². The summed E-state index contributed by atoms with van der Waals surface area (Å²) < 4.78 is 0. The molecule has 1 unspecified atom stereocenters. The van der Waals surface area contributed by atoms with E-state index >= 15 is 0 Å². The first kappa shape index (κ1) is 10.0. The second-order valence-corrected chi connectivity index (χ2v) is 3.82. The predicted octanol–water partition coefficient (Wildman–Crippen LogP) is 0.788. The number of nitrogens with zero attached hydrogens (tertiary/aromatic N) is 1. The van der Waals surface area contributed by atoms with Crippen LogP contribution < -0.4 is 5.32 Å². The number of guanidine groups is 1. The van der Waals surface area contributed by atoms with Gasteiger partial charge < -0.3 is 4.90 Å². The summed E-state index contributed by atoms with van der Waals surface area (Å²) in [7, 11) is 0. The van der Waals surface area contributed by atoms with Crippen LogP contribution in [-0.4, -0.2) is 29.4 Å². The molecule has 0 bridgehead atoms. The third kappa shape index (κ3) is 2.20. The molecule has 0 radical (unpaired) electrons. The van der Waals surface area contributed by atoms with Gasteiger partial charge in [0.2, 0.25) is 5.91 Å². The second-order valence-electron chi connectivity index (χ2n) is 3.82. The third-order valence-electron chi connectivity index (χ3n) is 2.58. The van der Waals surface area contributed by atoms with Crippen LogP contribution >= 0.6 is 0 Å². The summed E-state index contributed by atoms with van der Waals surface area (Å²) in [6.07, 6.45) is 0.499. The van der Waals surface area contributed by atoms with Crippen LogP contribution in [0.2, 0.25) is 0 Å². The van der Waals surface area contributed by atoms with Crippen molar-refractivity contribution in [2.45, 2.75) is 33.2 Å². The van der Waals surface area contributed by atoms with Crippen LogP contribution in [0.15, 0.2) is 0 Å². The Kier molecular flexibility index (Phi) is 2.90. The topological polar surface area (TPSA) is 56.2 Å². The summed E-state index contributed by atoms with van der Waals surface area (Å²) in [5.74, 6) is 0.699. The van der Waals surface area contributed by atoms with Gasteiger partial charge in [-0.3, -0.25) is 15.5 Å². The third-order valence-corrected chi connectivity index (χ3v) is 2.58. The summed E-state index contributed by atoms with van der Waals surface area (Å²) in [5.41, 5.74) is 0. The number of hydrogen-bond acceptors (Lipinski definition) is 2. The molecule has 1 aliphatic rings. The van der Waals surface area contributed by atoms with Crippen molar-refractivity contribution in [1.29, 1.82) is 5.41 Å². The largest absolute Gasteiger partial charge is 0.339 e. The highest BCUT2D eigenvalue weighted by Gasteiger charge is 2.25. The van der Waals surface area contributed by atoms with Gasteiger partial charge in [-0.25, -0.2) is 0 Å². The molecule has 0 saturated carbocycles. The molecule has 4 heteroatoms. The zero-order valence-electron chi connectivity index (χ0n) is 8.42. The molecule has 2 N–H and O–H groups in total. The monoisotopic (exact) mass is 183 g/mol. The molecule has 4 nitrogen and oxygen atoms in total. The van der Waals surface area contributed by atoms with Gasteiger partial charge in [0.15, 0.2) is 5.96 Å². The van der Waals surface area contributed by atoms with Gasteiger partial charge in [0.1, 0.15) is 0 Å². The smallest absolute Gasteiger partial charge is 0.228 e. The molecule has 1 fully saturated rings. The molecular weight excluding hydrogens is 166 g/mol. The molecular formula is C9H17N3O. The van der Waals surface area contributed by atoms with E-state index in [-0.39, 0.29) is 11.9 Å². The molecule has 0 aromatic rings. The lowest BCUT2D eigenvalue weighted by Crippen LogP contribution is -2.54. The van der Waals surface area contributed by atoms with Crippen LogP contribution in [0.5, 0.6) is 0 Å². The summed E-state index contributed by atoms with van der Waals surface area (Å²) >= 11 is 0. The Morgan fingerprint density at radius 3 is 2.54 bits per heavy atom. The van der Waals surface area contributed by atoms with Gasteiger partial charge in [-0.05, 0) is 12.8 Å². The van der Waals surface area contributed by atoms with E-state index < -0.39 is 0 Å². The lowest BCUT2D eigenvalue weighted by Gasteiger charge is -2.36. The van der Waals surface area contributed by atoms with Gasteiger partial charge in [-0.2, -0.15) is 0 Å². The summed E-state index contributed by atoms with van der Waals surface area (Å²) in [6.45, 7) is 6.99. The van der Waals surface area contributed by atoms with Crippen molar-refractivity contribution in [2.75, 3.05) is 6.54 Å².